The Bertz CT molecular complexity index is 568. The van der Waals surface area contributed by atoms with Crippen molar-refractivity contribution in [3.05, 3.63) is 29.8 Å². The van der Waals surface area contributed by atoms with Crippen LogP contribution in [0.25, 0.3) is 0 Å². The second-order valence-corrected chi connectivity index (χ2v) is 7.10. The van der Waals surface area contributed by atoms with Crippen LogP contribution in [0, 0.1) is 0 Å². The molecule has 2 N–H and O–H groups in total. The fraction of sp³-hybridized carbons (Fsp3) is 0.533. The summed E-state index contributed by atoms with van der Waals surface area (Å²) >= 11 is 0. The van der Waals surface area contributed by atoms with Crippen LogP contribution < -0.4 is 10.0 Å². The van der Waals surface area contributed by atoms with E-state index in [9.17, 15) is 13.2 Å². The zero-order chi connectivity index (χ0) is 16.6. The number of hydrogen-bond acceptors (Lipinski definition) is 4. The number of benzene rings is 1. The number of carbonyl (C=O) groups excluding carboxylic acids is 1. The summed E-state index contributed by atoms with van der Waals surface area (Å²) in [5.41, 5.74) is 1.07. The predicted octanol–water partition coefficient (Wildman–Crippen LogP) is 0.595. The zero-order valence-electron chi connectivity index (χ0n) is 13.4. The Morgan fingerprint density at radius 1 is 1.18 bits per heavy atom. The smallest absolute Gasteiger partial charge is 0.241 e. The van der Waals surface area contributed by atoms with Gasteiger partial charge in [-0.05, 0) is 51.2 Å². The number of rotatable bonds is 9. The molecule has 0 saturated heterocycles. The Hall–Kier alpha value is -1.44. The molecule has 124 valence electrons. The summed E-state index contributed by atoms with van der Waals surface area (Å²) in [7, 11) is 0.273. The predicted molar refractivity (Wildman–Crippen MR) is 87.2 cm³/mol. The second-order valence-electron chi connectivity index (χ2n) is 5.33. The zero-order valence-corrected chi connectivity index (χ0v) is 14.2. The number of amides is 1. The minimum absolute atomic E-state index is 0.171. The van der Waals surface area contributed by atoms with E-state index in [0.29, 0.717) is 6.54 Å². The Kier molecular flexibility index (Phi) is 7.50. The van der Waals surface area contributed by atoms with E-state index in [1.807, 2.05) is 25.9 Å². The van der Waals surface area contributed by atoms with Crippen LogP contribution in [0.5, 0.6) is 0 Å². The molecule has 0 spiro atoms. The van der Waals surface area contributed by atoms with E-state index in [0.717, 1.165) is 24.9 Å². The van der Waals surface area contributed by atoms with Gasteiger partial charge in [0.1, 0.15) is 0 Å². The van der Waals surface area contributed by atoms with Gasteiger partial charge in [0.05, 0.1) is 11.4 Å². The van der Waals surface area contributed by atoms with Crippen LogP contribution in [0.4, 0.5) is 0 Å². The highest BCUT2D eigenvalue weighted by atomic mass is 32.2. The number of nitrogens with one attached hydrogen (secondary N) is 2. The molecule has 0 bridgehead atoms. The third-order valence-electron chi connectivity index (χ3n) is 3.17. The number of sulfonamides is 1. The van der Waals surface area contributed by atoms with Crippen molar-refractivity contribution in [2.75, 3.05) is 33.7 Å². The minimum Gasteiger partial charge on any atom is -0.355 e. The average molecular weight is 327 g/mol. The van der Waals surface area contributed by atoms with Crippen LogP contribution in [0.15, 0.2) is 29.2 Å². The summed E-state index contributed by atoms with van der Waals surface area (Å²) in [4.78, 5) is 13.8. The van der Waals surface area contributed by atoms with Crippen molar-refractivity contribution in [2.24, 2.45) is 0 Å². The van der Waals surface area contributed by atoms with Gasteiger partial charge in [0.2, 0.25) is 15.9 Å². The van der Waals surface area contributed by atoms with Gasteiger partial charge in [0.25, 0.3) is 0 Å². The second kappa shape index (κ2) is 8.87. The minimum atomic E-state index is -3.64. The molecular formula is C15H25N3O3S. The molecule has 22 heavy (non-hydrogen) atoms. The molecule has 1 aromatic rings. The topological polar surface area (TPSA) is 78.5 Å². The first kappa shape index (κ1) is 18.6. The lowest BCUT2D eigenvalue weighted by Gasteiger charge is -2.10. The van der Waals surface area contributed by atoms with Crippen molar-refractivity contribution in [3.8, 4) is 0 Å². The van der Waals surface area contributed by atoms with Gasteiger partial charge >= 0.3 is 0 Å². The SMILES string of the molecule is CCc1ccc(S(=O)(=O)NCC(=O)NCCCN(C)C)cc1. The van der Waals surface area contributed by atoms with E-state index < -0.39 is 10.0 Å². The highest BCUT2D eigenvalue weighted by Crippen LogP contribution is 2.10. The summed E-state index contributed by atoms with van der Waals surface area (Å²) < 4.78 is 26.4. The van der Waals surface area contributed by atoms with Crippen LogP contribution in [-0.2, 0) is 21.2 Å². The first-order valence-corrected chi connectivity index (χ1v) is 8.83. The maximum absolute atomic E-state index is 12.1. The molecule has 0 aromatic heterocycles. The Morgan fingerprint density at radius 2 is 1.82 bits per heavy atom. The fourth-order valence-corrected chi connectivity index (χ4v) is 2.82. The molecule has 0 saturated carbocycles. The number of nitrogens with zero attached hydrogens (tertiary/aromatic N) is 1. The molecular weight excluding hydrogens is 302 g/mol. The molecule has 1 rings (SSSR count). The van der Waals surface area contributed by atoms with E-state index in [-0.39, 0.29) is 17.3 Å². The van der Waals surface area contributed by atoms with E-state index in [4.69, 9.17) is 0 Å². The van der Waals surface area contributed by atoms with Crippen molar-refractivity contribution in [2.45, 2.75) is 24.7 Å². The van der Waals surface area contributed by atoms with Gasteiger partial charge in [0, 0.05) is 6.54 Å². The van der Waals surface area contributed by atoms with Gasteiger partial charge in [0.15, 0.2) is 0 Å². The molecule has 0 atom stereocenters. The van der Waals surface area contributed by atoms with Crippen LogP contribution >= 0.6 is 0 Å². The summed E-state index contributed by atoms with van der Waals surface area (Å²) in [6.45, 7) is 3.15. The molecule has 0 unspecified atom stereocenters. The van der Waals surface area contributed by atoms with Gasteiger partial charge in [-0.25, -0.2) is 13.1 Å². The van der Waals surface area contributed by atoms with Crippen LogP contribution in [0.2, 0.25) is 0 Å². The summed E-state index contributed by atoms with van der Waals surface area (Å²) in [5, 5.41) is 2.69. The first-order valence-electron chi connectivity index (χ1n) is 7.35. The molecule has 7 heteroatoms. The molecule has 0 heterocycles. The summed E-state index contributed by atoms with van der Waals surface area (Å²) in [6.07, 6.45) is 1.67. The largest absolute Gasteiger partial charge is 0.355 e. The third-order valence-corrected chi connectivity index (χ3v) is 4.59. The molecule has 6 nitrogen and oxygen atoms in total. The van der Waals surface area contributed by atoms with Crippen LogP contribution in [-0.4, -0.2) is 53.0 Å². The van der Waals surface area contributed by atoms with Gasteiger partial charge in [-0.2, -0.15) is 0 Å². The molecule has 0 aliphatic rings. The summed E-state index contributed by atoms with van der Waals surface area (Å²) in [6, 6.07) is 6.65. The highest BCUT2D eigenvalue weighted by Gasteiger charge is 2.15. The number of aryl methyl sites for hydroxylation is 1. The maximum Gasteiger partial charge on any atom is 0.241 e. The Balaban J connectivity index is 2.42. The molecule has 1 aromatic carbocycles. The van der Waals surface area contributed by atoms with Crippen molar-refractivity contribution < 1.29 is 13.2 Å². The van der Waals surface area contributed by atoms with E-state index >= 15 is 0 Å². The van der Waals surface area contributed by atoms with E-state index in [2.05, 4.69) is 10.0 Å². The quantitative estimate of drug-likeness (QED) is 0.651. The Morgan fingerprint density at radius 3 is 2.36 bits per heavy atom. The van der Waals surface area contributed by atoms with E-state index in [1.54, 1.807) is 24.3 Å². The molecule has 1 amide bonds. The van der Waals surface area contributed by atoms with Crippen molar-refractivity contribution in [1.29, 1.82) is 0 Å². The lowest BCUT2D eigenvalue weighted by atomic mass is 10.2. The number of hydrogen-bond donors (Lipinski definition) is 2. The average Bonchev–Trinajstić information content (AvgIpc) is 2.49. The maximum atomic E-state index is 12.1. The van der Waals surface area contributed by atoms with Gasteiger partial charge in [-0.1, -0.05) is 19.1 Å². The van der Waals surface area contributed by atoms with Crippen LogP contribution in [0.3, 0.4) is 0 Å². The van der Waals surface area contributed by atoms with Gasteiger partial charge < -0.3 is 10.2 Å². The monoisotopic (exact) mass is 327 g/mol. The van der Waals surface area contributed by atoms with Gasteiger partial charge in [-0.3, -0.25) is 4.79 Å². The fourth-order valence-electron chi connectivity index (χ4n) is 1.83. The first-order chi connectivity index (χ1) is 10.3. The standard InChI is InChI=1S/C15H25N3O3S/c1-4-13-6-8-14(9-7-13)22(20,21)17-12-15(19)16-10-5-11-18(2)3/h6-9,17H,4-5,10-12H2,1-3H3,(H,16,19). The molecule has 0 aliphatic heterocycles. The van der Waals surface area contributed by atoms with E-state index in [1.165, 1.54) is 0 Å². The molecule has 0 fully saturated rings. The van der Waals surface area contributed by atoms with Crippen molar-refractivity contribution in [3.63, 3.8) is 0 Å². The van der Waals surface area contributed by atoms with Crippen molar-refractivity contribution >= 4 is 15.9 Å². The highest BCUT2D eigenvalue weighted by molar-refractivity contribution is 7.89. The normalized spacial score (nSPS) is 11.6. The molecule has 0 aliphatic carbocycles. The lowest BCUT2D eigenvalue weighted by molar-refractivity contribution is -0.119. The summed E-state index contributed by atoms with van der Waals surface area (Å²) in [5.74, 6) is -0.326. The number of carbonyl (C=O) groups is 1. The van der Waals surface area contributed by atoms with Crippen molar-refractivity contribution in [1.82, 2.24) is 14.9 Å². The van der Waals surface area contributed by atoms with Crippen LogP contribution in [0.1, 0.15) is 18.9 Å². The van der Waals surface area contributed by atoms with Gasteiger partial charge in [-0.15, -0.1) is 0 Å². The molecule has 0 radical (unpaired) electrons. The lowest BCUT2D eigenvalue weighted by Crippen LogP contribution is -2.37. The Labute approximate surface area is 132 Å². The third kappa shape index (κ3) is 6.55.